The maximum absolute atomic E-state index is 14.4. The SMILES string of the molecule is COc1ccc(CN(Cc2ccc(C)cc2)S(=O)(=O)[C@H](C)[C@@H](O[Si](C)(C)C(C)(C)C)c2ncc(F)cn2)cc1. The highest BCUT2D eigenvalue weighted by Crippen LogP contribution is 2.41. The van der Waals surface area contributed by atoms with Gasteiger partial charge < -0.3 is 9.16 Å². The first-order valence-electron chi connectivity index (χ1n) is 13.0. The first-order valence-corrected chi connectivity index (χ1v) is 17.4. The molecular formula is C29H40FN3O4SSi. The summed E-state index contributed by atoms with van der Waals surface area (Å²) < 4.78 is 55.8. The van der Waals surface area contributed by atoms with Crippen molar-refractivity contribution in [2.75, 3.05) is 7.11 Å². The molecule has 0 amide bonds. The average molecular weight is 574 g/mol. The van der Waals surface area contributed by atoms with Crippen molar-refractivity contribution in [3.63, 3.8) is 0 Å². The number of hydrogen-bond donors (Lipinski definition) is 0. The van der Waals surface area contributed by atoms with Crippen molar-refractivity contribution in [3.05, 3.63) is 89.3 Å². The van der Waals surface area contributed by atoms with Crippen molar-refractivity contribution in [3.8, 4) is 5.75 Å². The minimum absolute atomic E-state index is 0.150. The molecule has 0 aliphatic carbocycles. The Kier molecular flexibility index (Phi) is 9.69. The van der Waals surface area contributed by atoms with Gasteiger partial charge in [-0.25, -0.2) is 22.8 Å². The molecule has 0 radical (unpaired) electrons. The normalized spacial score (nSPS) is 14.3. The van der Waals surface area contributed by atoms with Crippen LogP contribution in [0.5, 0.6) is 5.75 Å². The summed E-state index contributed by atoms with van der Waals surface area (Å²) in [4.78, 5) is 8.30. The highest BCUT2D eigenvalue weighted by atomic mass is 32.2. The molecule has 0 spiro atoms. The molecule has 39 heavy (non-hydrogen) atoms. The maximum Gasteiger partial charge on any atom is 0.220 e. The zero-order chi connectivity index (χ0) is 29.0. The van der Waals surface area contributed by atoms with Gasteiger partial charge >= 0.3 is 0 Å². The van der Waals surface area contributed by atoms with Crippen LogP contribution in [0.25, 0.3) is 0 Å². The molecule has 212 valence electrons. The minimum atomic E-state index is -3.97. The van der Waals surface area contributed by atoms with Gasteiger partial charge in [0.2, 0.25) is 10.0 Å². The highest BCUT2D eigenvalue weighted by Gasteiger charge is 2.45. The Balaban J connectivity index is 2.05. The van der Waals surface area contributed by atoms with E-state index in [2.05, 4.69) is 30.7 Å². The van der Waals surface area contributed by atoms with E-state index in [1.807, 2.05) is 68.5 Å². The van der Waals surface area contributed by atoms with Crippen LogP contribution in [0.2, 0.25) is 18.1 Å². The first-order chi connectivity index (χ1) is 18.1. The van der Waals surface area contributed by atoms with Gasteiger partial charge in [-0.2, -0.15) is 4.31 Å². The molecule has 0 N–H and O–H groups in total. The van der Waals surface area contributed by atoms with Gasteiger partial charge in [0.15, 0.2) is 20.0 Å². The van der Waals surface area contributed by atoms with Crippen molar-refractivity contribution < 1.29 is 22.0 Å². The number of nitrogens with zero attached hydrogens (tertiary/aromatic N) is 3. The van der Waals surface area contributed by atoms with Crippen LogP contribution in [0, 0.1) is 12.7 Å². The Labute approximate surface area is 233 Å². The summed E-state index contributed by atoms with van der Waals surface area (Å²) in [6, 6.07) is 15.1. The fourth-order valence-corrected chi connectivity index (χ4v) is 6.80. The Hall–Kier alpha value is -2.66. The molecule has 3 aromatic rings. The molecule has 0 unspecified atom stereocenters. The molecule has 2 aromatic carbocycles. The monoisotopic (exact) mass is 573 g/mol. The smallest absolute Gasteiger partial charge is 0.220 e. The van der Waals surface area contributed by atoms with Gasteiger partial charge in [0.1, 0.15) is 17.1 Å². The number of methoxy groups -OCH3 is 1. The number of ether oxygens (including phenoxy) is 1. The van der Waals surface area contributed by atoms with Crippen LogP contribution in [0.4, 0.5) is 4.39 Å². The molecule has 1 aromatic heterocycles. The van der Waals surface area contributed by atoms with E-state index >= 15 is 0 Å². The number of sulfonamides is 1. The molecule has 3 rings (SSSR count). The highest BCUT2D eigenvalue weighted by molar-refractivity contribution is 7.89. The van der Waals surface area contributed by atoms with Crippen molar-refractivity contribution in [2.24, 2.45) is 0 Å². The van der Waals surface area contributed by atoms with Gasteiger partial charge in [0, 0.05) is 13.1 Å². The summed E-state index contributed by atoms with van der Waals surface area (Å²) >= 11 is 0. The Bertz CT molecular complexity index is 1330. The third-order valence-corrected chi connectivity index (χ3v) is 14.0. The maximum atomic E-state index is 14.4. The molecule has 2 atom stereocenters. The number of benzene rings is 2. The van der Waals surface area contributed by atoms with Crippen LogP contribution < -0.4 is 4.74 Å². The van der Waals surface area contributed by atoms with Crippen LogP contribution in [0.1, 0.15) is 56.3 Å². The quantitative estimate of drug-likeness (QED) is 0.246. The van der Waals surface area contributed by atoms with Gasteiger partial charge in [-0.05, 0) is 55.2 Å². The Morgan fingerprint density at radius 3 is 1.90 bits per heavy atom. The standard InChI is InChI=1S/C29H40FN3O4SSi/c1-21-9-11-23(12-10-21)19-33(20-24-13-15-26(36-6)16-14-24)38(34,35)22(2)27(28-31-17-25(30)18-32-28)37-39(7,8)29(3,4)5/h9-18,22,27H,19-20H2,1-8H3/t22-,27-/m1/s1. The topological polar surface area (TPSA) is 81.6 Å². The van der Waals surface area contributed by atoms with Gasteiger partial charge in [-0.3, -0.25) is 0 Å². The molecule has 1 heterocycles. The van der Waals surface area contributed by atoms with Gasteiger partial charge in [-0.15, -0.1) is 0 Å². The summed E-state index contributed by atoms with van der Waals surface area (Å²) in [5.74, 6) is 0.245. The summed E-state index contributed by atoms with van der Waals surface area (Å²) in [6.45, 7) is 14.3. The number of aryl methyl sites for hydroxylation is 1. The third kappa shape index (κ3) is 7.72. The van der Waals surface area contributed by atoms with Crippen molar-refractivity contribution in [1.29, 1.82) is 0 Å². The zero-order valence-electron chi connectivity index (χ0n) is 24.1. The summed E-state index contributed by atoms with van der Waals surface area (Å²) in [6.07, 6.45) is 1.11. The zero-order valence-corrected chi connectivity index (χ0v) is 25.9. The van der Waals surface area contributed by atoms with Crippen molar-refractivity contribution in [1.82, 2.24) is 14.3 Å². The van der Waals surface area contributed by atoms with Crippen LogP contribution in [-0.2, 0) is 27.5 Å². The second-order valence-electron chi connectivity index (χ2n) is 11.4. The molecule has 0 saturated carbocycles. The molecule has 10 heteroatoms. The summed E-state index contributed by atoms with van der Waals surface area (Å²) in [5.41, 5.74) is 2.77. The lowest BCUT2D eigenvalue weighted by molar-refractivity contribution is 0.168. The molecule has 0 bridgehead atoms. The lowest BCUT2D eigenvalue weighted by atomic mass is 10.1. The largest absolute Gasteiger partial charge is 0.497 e. The predicted molar refractivity (Wildman–Crippen MR) is 155 cm³/mol. The fraction of sp³-hybridized carbons (Fsp3) is 0.448. The molecule has 0 saturated heterocycles. The van der Waals surface area contributed by atoms with Crippen molar-refractivity contribution >= 4 is 18.3 Å². The average Bonchev–Trinajstić information content (AvgIpc) is 2.88. The molecule has 0 fully saturated rings. The summed E-state index contributed by atoms with van der Waals surface area (Å²) in [7, 11) is -4.86. The number of aromatic nitrogens is 2. The van der Waals surface area contributed by atoms with Crippen LogP contribution in [0.15, 0.2) is 60.9 Å². The van der Waals surface area contributed by atoms with Crippen molar-refractivity contribution in [2.45, 2.75) is 77.2 Å². The van der Waals surface area contributed by atoms with Gasteiger partial charge in [-0.1, -0.05) is 62.7 Å². The Morgan fingerprint density at radius 2 is 1.44 bits per heavy atom. The van der Waals surface area contributed by atoms with E-state index in [-0.39, 0.29) is 24.0 Å². The predicted octanol–water partition coefficient (Wildman–Crippen LogP) is 6.42. The van der Waals surface area contributed by atoms with E-state index in [4.69, 9.17) is 9.16 Å². The van der Waals surface area contributed by atoms with Gasteiger partial charge in [0.25, 0.3) is 0 Å². The van der Waals surface area contributed by atoms with Gasteiger partial charge in [0.05, 0.1) is 19.5 Å². The third-order valence-electron chi connectivity index (χ3n) is 7.38. The number of rotatable bonds is 11. The van der Waals surface area contributed by atoms with E-state index in [9.17, 15) is 12.8 Å². The van der Waals surface area contributed by atoms with E-state index in [1.165, 1.54) is 4.31 Å². The number of hydrogen-bond acceptors (Lipinski definition) is 6. The minimum Gasteiger partial charge on any atom is -0.497 e. The second kappa shape index (κ2) is 12.2. The lowest BCUT2D eigenvalue weighted by Crippen LogP contribution is -2.47. The van der Waals surface area contributed by atoms with Crippen LogP contribution in [-0.4, -0.2) is 43.4 Å². The first kappa shape index (κ1) is 30.9. The van der Waals surface area contributed by atoms with E-state index in [0.29, 0.717) is 5.75 Å². The number of halogens is 1. The second-order valence-corrected chi connectivity index (χ2v) is 18.5. The molecule has 7 nitrogen and oxygen atoms in total. The van der Waals surface area contributed by atoms with E-state index in [1.54, 1.807) is 14.0 Å². The molecular weight excluding hydrogens is 533 g/mol. The van der Waals surface area contributed by atoms with E-state index in [0.717, 1.165) is 29.1 Å². The summed E-state index contributed by atoms with van der Waals surface area (Å²) in [5, 5.41) is -1.24. The fourth-order valence-electron chi connectivity index (χ4n) is 3.78. The molecule has 0 aliphatic rings. The van der Waals surface area contributed by atoms with Crippen LogP contribution >= 0.6 is 0 Å². The van der Waals surface area contributed by atoms with Crippen LogP contribution in [0.3, 0.4) is 0 Å². The molecule has 0 aliphatic heterocycles. The lowest BCUT2D eigenvalue weighted by Gasteiger charge is -2.40. The Morgan fingerprint density at radius 1 is 0.949 bits per heavy atom. The van der Waals surface area contributed by atoms with E-state index < -0.39 is 35.5 Å².